The Labute approximate surface area is 110 Å². The van der Waals surface area contributed by atoms with E-state index in [-0.39, 0.29) is 11.7 Å². The first-order valence-electron chi connectivity index (χ1n) is 5.77. The lowest BCUT2D eigenvalue weighted by Crippen LogP contribution is -2.11. The monoisotopic (exact) mass is 263 g/mol. The van der Waals surface area contributed by atoms with Crippen molar-refractivity contribution in [3.05, 3.63) is 48.0 Å². The number of halogens is 1. The molecule has 5 nitrogen and oxygen atoms in total. The summed E-state index contributed by atoms with van der Waals surface area (Å²) in [5, 5.41) is 6.77. The first-order chi connectivity index (χ1) is 9.19. The molecule has 1 N–H and O–H groups in total. The number of carbonyl (C=O) groups is 1. The Morgan fingerprint density at radius 1 is 1.42 bits per heavy atom. The van der Waals surface area contributed by atoms with Crippen LogP contribution >= 0.6 is 0 Å². The van der Waals surface area contributed by atoms with Gasteiger partial charge < -0.3 is 10.1 Å². The van der Waals surface area contributed by atoms with Crippen LogP contribution in [0, 0.1) is 5.82 Å². The minimum absolute atomic E-state index is 0.300. The number of nitrogens with one attached hydrogen (secondary N) is 1. The van der Waals surface area contributed by atoms with E-state index < -0.39 is 0 Å². The molecule has 0 bridgehead atoms. The van der Waals surface area contributed by atoms with Gasteiger partial charge >= 0.3 is 0 Å². The molecule has 1 aromatic heterocycles. The topological polar surface area (TPSA) is 56.1 Å². The zero-order chi connectivity index (χ0) is 13.7. The number of rotatable bonds is 5. The molecule has 1 heterocycles. The van der Waals surface area contributed by atoms with Gasteiger partial charge in [0.25, 0.3) is 5.91 Å². The second kappa shape index (κ2) is 6.10. The Balaban J connectivity index is 1.98. The van der Waals surface area contributed by atoms with E-state index in [0.29, 0.717) is 24.4 Å². The Hall–Kier alpha value is -2.21. The molecule has 100 valence electrons. The fraction of sp³-hybridized carbons (Fsp3) is 0.231. The van der Waals surface area contributed by atoms with Crippen molar-refractivity contribution in [3.63, 3.8) is 0 Å². The van der Waals surface area contributed by atoms with Crippen LogP contribution in [0.5, 0.6) is 0 Å². The van der Waals surface area contributed by atoms with Crippen LogP contribution in [0.2, 0.25) is 0 Å². The lowest BCUT2D eigenvalue weighted by atomic mass is 10.2. The summed E-state index contributed by atoms with van der Waals surface area (Å²) in [6.45, 7) is 1.16. The van der Waals surface area contributed by atoms with Crippen molar-refractivity contribution in [2.75, 3.05) is 19.0 Å². The van der Waals surface area contributed by atoms with Crippen LogP contribution in [0.15, 0.2) is 36.7 Å². The summed E-state index contributed by atoms with van der Waals surface area (Å²) in [5.41, 5.74) is 0.983. The molecular weight excluding hydrogens is 249 g/mol. The van der Waals surface area contributed by atoms with Crippen LogP contribution in [0.3, 0.4) is 0 Å². The fourth-order valence-corrected chi connectivity index (χ4v) is 1.54. The van der Waals surface area contributed by atoms with Crippen LogP contribution < -0.4 is 5.32 Å². The van der Waals surface area contributed by atoms with Gasteiger partial charge in [-0.1, -0.05) is 0 Å². The smallest absolute Gasteiger partial charge is 0.255 e. The van der Waals surface area contributed by atoms with Crippen molar-refractivity contribution in [1.82, 2.24) is 9.78 Å². The Morgan fingerprint density at radius 2 is 2.16 bits per heavy atom. The van der Waals surface area contributed by atoms with Gasteiger partial charge in [0, 0.05) is 18.9 Å². The number of hydrogen-bond donors (Lipinski definition) is 1. The third-order valence-electron chi connectivity index (χ3n) is 2.52. The number of benzene rings is 1. The third-order valence-corrected chi connectivity index (χ3v) is 2.52. The van der Waals surface area contributed by atoms with E-state index in [1.165, 1.54) is 24.3 Å². The molecule has 0 spiro atoms. The van der Waals surface area contributed by atoms with Crippen molar-refractivity contribution in [3.8, 4) is 0 Å². The van der Waals surface area contributed by atoms with Crippen LogP contribution in [0.1, 0.15) is 10.4 Å². The standard InChI is InChI=1S/C13H14FN3O2/c1-19-7-6-17-9-12(8-15-17)16-13(18)10-2-4-11(14)5-3-10/h2-5,8-9H,6-7H2,1H3,(H,16,18). The number of nitrogens with zero attached hydrogens (tertiary/aromatic N) is 2. The summed E-state index contributed by atoms with van der Waals surface area (Å²) in [7, 11) is 1.61. The van der Waals surface area contributed by atoms with Crippen molar-refractivity contribution in [2.24, 2.45) is 0 Å². The summed E-state index contributed by atoms with van der Waals surface area (Å²) in [5.74, 6) is -0.671. The second-order valence-corrected chi connectivity index (χ2v) is 3.95. The summed E-state index contributed by atoms with van der Waals surface area (Å²) >= 11 is 0. The quantitative estimate of drug-likeness (QED) is 0.896. The summed E-state index contributed by atoms with van der Waals surface area (Å²) < 4.78 is 19.3. The van der Waals surface area contributed by atoms with E-state index in [2.05, 4.69) is 10.4 Å². The lowest BCUT2D eigenvalue weighted by Gasteiger charge is -2.02. The number of aromatic nitrogens is 2. The molecule has 0 atom stereocenters. The van der Waals surface area contributed by atoms with E-state index in [1.54, 1.807) is 24.2 Å². The van der Waals surface area contributed by atoms with Gasteiger partial charge in [0.15, 0.2) is 0 Å². The molecule has 0 saturated carbocycles. The van der Waals surface area contributed by atoms with Crippen molar-refractivity contribution >= 4 is 11.6 Å². The van der Waals surface area contributed by atoms with E-state index in [4.69, 9.17) is 4.74 Å². The molecule has 0 fully saturated rings. The van der Waals surface area contributed by atoms with Crippen LogP contribution in [0.4, 0.5) is 10.1 Å². The van der Waals surface area contributed by atoms with Crippen LogP contribution in [-0.2, 0) is 11.3 Å². The van der Waals surface area contributed by atoms with Gasteiger partial charge in [-0.2, -0.15) is 5.10 Å². The molecule has 2 aromatic rings. The third kappa shape index (κ3) is 3.62. The summed E-state index contributed by atoms with van der Waals surface area (Å²) in [4.78, 5) is 11.9. The second-order valence-electron chi connectivity index (χ2n) is 3.95. The zero-order valence-electron chi connectivity index (χ0n) is 10.5. The molecule has 0 aliphatic rings. The number of methoxy groups -OCH3 is 1. The van der Waals surface area contributed by atoms with Gasteiger partial charge in [-0.3, -0.25) is 9.48 Å². The molecule has 2 rings (SSSR count). The molecule has 0 aliphatic heterocycles. The van der Waals surface area contributed by atoms with Crippen molar-refractivity contribution in [2.45, 2.75) is 6.54 Å². The zero-order valence-corrected chi connectivity index (χ0v) is 10.5. The molecule has 19 heavy (non-hydrogen) atoms. The Bertz CT molecular complexity index is 551. The van der Waals surface area contributed by atoms with E-state index in [1.807, 2.05) is 0 Å². The van der Waals surface area contributed by atoms with Gasteiger partial charge in [-0.15, -0.1) is 0 Å². The Morgan fingerprint density at radius 3 is 2.84 bits per heavy atom. The molecule has 0 unspecified atom stereocenters. The highest BCUT2D eigenvalue weighted by Gasteiger charge is 2.07. The van der Waals surface area contributed by atoms with Crippen LogP contribution in [-0.4, -0.2) is 29.4 Å². The lowest BCUT2D eigenvalue weighted by molar-refractivity contribution is 0.102. The summed E-state index contributed by atoms with van der Waals surface area (Å²) in [6.07, 6.45) is 3.26. The highest BCUT2D eigenvalue weighted by Crippen LogP contribution is 2.09. The first-order valence-corrected chi connectivity index (χ1v) is 5.77. The number of anilines is 1. The number of carbonyl (C=O) groups excluding carboxylic acids is 1. The van der Waals surface area contributed by atoms with Gasteiger partial charge in [0.1, 0.15) is 5.82 Å². The number of hydrogen-bond acceptors (Lipinski definition) is 3. The Kier molecular flexibility index (Phi) is 4.25. The molecular formula is C13H14FN3O2. The molecule has 6 heteroatoms. The molecule has 0 saturated heterocycles. The number of ether oxygens (including phenoxy) is 1. The molecule has 0 aliphatic carbocycles. The van der Waals surface area contributed by atoms with Crippen molar-refractivity contribution in [1.29, 1.82) is 0 Å². The minimum atomic E-state index is -0.371. The van der Waals surface area contributed by atoms with Gasteiger partial charge in [-0.25, -0.2) is 4.39 Å². The predicted molar refractivity (Wildman–Crippen MR) is 68.5 cm³/mol. The normalized spacial score (nSPS) is 10.4. The predicted octanol–water partition coefficient (Wildman–Crippen LogP) is 1.92. The molecule has 0 radical (unpaired) electrons. The van der Waals surface area contributed by atoms with Crippen molar-refractivity contribution < 1.29 is 13.9 Å². The van der Waals surface area contributed by atoms with Gasteiger partial charge in [0.05, 0.1) is 25.0 Å². The average molecular weight is 263 g/mol. The van der Waals surface area contributed by atoms with Gasteiger partial charge in [0.2, 0.25) is 0 Å². The SMILES string of the molecule is COCCn1cc(NC(=O)c2ccc(F)cc2)cn1. The van der Waals surface area contributed by atoms with E-state index in [0.717, 1.165) is 0 Å². The number of amides is 1. The van der Waals surface area contributed by atoms with E-state index >= 15 is 0 Å². The average Bonchev–Trinajstić information content (AvgIpc) is 2.84. The maximum atomic E-state index is 12.7. The fourth-order valence-electron chi connectivity index (χ4n) is 1.54. The largest absolute Gasteiger partial charge is 0.383 e. The van der Waals surface area contributed by atoms with E-state index in [9.17, 15) is 9.18 Å². The molecule has 1 aromatic carbocycles. The highest BCUT2D eigenvalue weighted by atomic mass is 19.1. The van der Waals surface area contributed by atoms with Gasteiger partial charge in [-0.05, 0) is 24.3 Å². The highest BCUT2D eigenvalue weighted by molar-refractivity contribution is 6.04. The minimum Gasteiger partial charge on any atom is -0.383 e. The molecule has 1 amide bonds. The maximum Gasteiger partial charge on any atom is 0.255 e. The maximum absolute atomic E-state index is 12.7. The summed E-state index contributed by atoms with van der Waals surface area (Å²) in [6, 6.07) is 5.36. The first kappa shape index (κ1) is 13.2. The van der Waals surface area contributed by atoms with Crippen LogP contribution in [0.25, 0.3) is 0 Å².